The maximum absolute atomic E-state index is 13.3. The Bertz CT molecular complexity index is 750. The van der Waals surface area contributed by atoms with E-state index in [1.807, 2.05) is 6.92 Å². The Morgan fingerprint density at radius 2 is 2.21 bits per heavy atom. The van der Waals surface area contributed by atoms with Gasteiger partial charge in [0.05, 0.1) is 0 Å². The smallest absolute Gasteiger partial charge is 0.137 e. The summed E-state index contributed by atoms with van der Waals surface area (Å²) in [5.41, 5.74) is 1.68. The molecule has 1 saturated heterocycles. The second-order valence-electron chi connectivity index (χ2n) is 6.09. The molecule has 4 nitrogen and oxygen atoms in total. The summed E-state index contributed by atoms with van der Waals surface area (Å²) < 4.78 is 13.3. The van der Waals surface area contributed by atoms with Crippen LogP contribution >= 0.6 is 11.6 Å². The molecule has 1 aliphatic heterocycles. The van der Waals surface area contributed by atoms with E-state index in [1.165, 1.54) is 12.1 Å². The van der Waals surface area contributed by atoms with E-state index < -0.39 is 0 Å². The molecule has 1 aromatic carbocycles. The molecule has 2 aromatic rings. The molecule has 1 fully saturated rings. The number of halogens is 2. The van der Waals surface area contributed by atoms with E-state index >= 15 is 0 Å². The molecule has 0 aliphatic carbocycles. The topological polar surface area (TPSA) is 41.1 Å². The zero-order chi connectivity index (χ0) is 17.1. The second kappa shape index (κ2) is 7.18. The molecule has 126 valence electrons. The van der Waals surface area contributed by atoms with Crippen LogP contribution in [0.3, 0.4) is 0 Å². The Hall–Kier alpha value is -2.14. The fourth-order valence-electron chi connectivity index (χ4n) is 2.93. The Labute approximate surface area is 146 Å². The number of hydrogen-bond acceptors (Lipinski definition) is 4. The third-order valence-electron chi connectivity index (χ3n) is 4.14. The first-order chi connectivity index (χ1) is 11.5. The fourth-order valence-corrected chi connectivity index (χ4v) is 3.12. The fraction of sp³-hybridized carbons (Fsp3) is 0.333. The van der Waals surface area contributed by atoms with E-state index in [9.17, 15) is 4.39 Å². The minimum atomic E-state index is -0.301. The highest BCUT2D eigenvalue weighted by molar-refractivity contribution is 6.29. The van der Waals surface area contributed by atoms with Gasteiger partial charge in [-0.1, -0.05) is 24.2 Å². The Balaban J connectivity index is 1.82. The van der Waals surface area contributed by atoms with Crippen LogP contribution in [0.15, 0.2) is 42.6 Å². The molecule has 0 amide bonds. The molecule has 0 spiro atoms. The van der Waals surface area contributed by atoms with Gasteiger partial charge in [0.2, 0.25) is 0 Å². The molecule has 1 aromatic heterocycles. The largest absolute Gasteiger partial charge is 0.375 e. The molecular formula is C18H20ClFN4. The van der Waals surface area contributed by atoms with Crippen LogP contribution < -0.4 is 5.32 Å². The van der Waals surface area contributed by atoms with Crippen LogP contribution in [0.5, 0.6) is 0 Å². The summed E-state index contributed by atoms with van der Waals surface area (Å²) in [5.74, 6) is 1.20. The predicted octanol–water partition coefficient (Wildman–Crippen LogP) is 4.73. The van der Waals surface area contributed by atoms with E-state index in [0.29, 0.717) is 22.5 Å². The molecule has 6 heteroatoms. The second-order valence-corrected chi connectivity index (χ2v) is 6.48. The van der Waals surface area contributed by atoms with Gasteiger partial charge in [-0.15, -0.1) is 0 Å². The number of hydrogen-bond donors (Lipinski definition) is 1. The maximum atomic E-state index is 13.3. The van der Waals surface area contributed by atoms with Crippen molar-refractivity contribution < 1.29 is 4.39 Å². The molecule has 0 radical (unpaired) electrons. The number of nitrogens with one attached hydrogen (secondary N) is 1. The van der Waals surface area contributed by atoms with Gasteiger partial charge >= 0.3 is 0 Å². The zero-order valence-corrected chi connectivity index (χ0v) is 14.4. The van der Waals surface area contributed by atoms with E-state index in [4.69, 9.17) is 11.6 Å². The van der Waals surface area contributed by atoms with E-state index in [2.05, 4.69) is 26.8 Å². The van der Waals surface area contributed by atoms with Gasteiger partial charge in [0.1, 0.15) is 22.6 Å². The van der Waals surface area contributed by atoms with Gasteiger partial charge in [-0.2, -0.15) is 0 Å². The Morgan fingerprint density at radius 1 is 1.38 bits per heavy atom. The number of allylic oxidation sites excluding steroid dienone is 1. The van der Waals surface area contributed by atoms with Crippen LogP contribution in [0.25, 0.3) is 0 Å². The maximum Gasteiger partial charge on any atom is 0.137 e. The van der Waals surface area contributed by atoms with E-state index in [1.54, 1.807) is 18.2 Å². The molecule has 2 heterocycles. The van der Waals surface area contributed by atoms with Crippen molar-refractivity contribution in [1.82, 2.24) is 14.9 Å². The first kappa shape index (κ1) is 16.7. The highest BCUT2D eigenvalue weighted by Gasteiger charge is 2.24. The van der Waals surface area contributed by atoms with Crippen LogP contribution in [-0.4, -0.2) is 28.0 Å². The lowest BCUT2D eigenvalue weighted by Crippen LogP contribution is -2.33. The van der Waals surface area contributed by atoms with E-state index in [0.717, 1.165) is 31.6 Å². The van der Waals surface area contributed by atoms with Crippen molar-refractivity contribution in [2.45, 2.75) is 25.7 Å². The van der Waals surface area contributed by atoms with Gasteiger partial charge in [-0.3, -0.25) is 0 Å². The summed E-state index contributed by atoms with van der Waals surface area (Å²) in [5, 5.41) is 3.47. The molecule has 24 heavy (non-hydrogen) atoms. The lowest BCUT2D eigenvalue weighted by molar-refractivity contribution is 0.255. The third kappa shape index (κ3) is 4.03. The lowest BCUT2D eigenvalue weighted by atomic mass is 9.97. The molecule has 1 unspecified atom stereocenters. The molecule has 1 aliphatic rings. The number of anilines is 2. The summed E-state index contributed by atoms with van der Waals surface area (Å²) in [6, 6.07) is 7.89. The van der Waals surface area contributed by atoms with Gasteiger partial charge < -0.3 is 10.2 Å². The molecule has 0 bridgehead atoms. The van der Waals surface area contributed by atoms with Crippen molar-refractivity contribution in [1.29, 1.82) is 0 Å². The highest BCUT2D eigenvalue weighted by atomic mass is 35.5. The van der Waals surface area contributed by atoms with Crippen molar-refractivity contribution in [2.75, 3.05) is 18.4 Å². The van der Waals surface area contributed by atoms with E-state index in [-0.39, 0.29) is 11.7 Å². The van der Waals surface area contributed by atoms with Crippen LogP contribution in [0.2, 0.25) is 5.15 Å². The van der Waals surface area contributed by atoms with Crippen molar-refractivity contribution in [3.05, 3.63) is 59.4 Å². The zero-order valence-electron chi connectivity index (χ0n) is 13.6. The summed E-state index contributed by atoms with van der Waals surface area (Å²) in [7, 11) is 0. The van der Waals surface area contributed by atoms with Crippen molar-refractivity contribution in [3.8, 4) is 0 Å². The highest BCUT2D eigenvalue weighted by Crippen LogP contribution is 2.28. The van der Waals surface area contributed by atoms with Crippen LogP contribution in [0.1, 0.15) is 31.5 Å². The van der Waals surface area contributed by atoms with Crippen LogP contribution in [-0.2, 0) is 0 Å². The molecular weight excluding hydrogens is 327 g/mol. The molecule has 1 atom stereocenters. The minimum absolute atomic E-state index is 0.210. The third-order valence-corrected chi connectivity index (χ3v) is 4.33. The number of benzene rings is 1. The average molecular weight is 347 g/mol. The van der Waals surface area contributed by atoms with Crippen molar-refractivity contribution in [3.63, 3.8) is 0 Å². The first-order valence-electron chi connectivity index (χ1n) is 7.99. The van der Waals surface area contributed by atoms with Gasteiger partial charge in [0, 0.05) is 36.5 Å². The average Bonchev–Trinajstić information content (AvgIpc) is 2.54. The number of likely N-dealkylation sites (tertiary alicyclic amines) is 1. The van der Waals surface area contributed by atoms with Crippen molar-refractivity contribution in [2.24, 2.45) is 0 Å². The van der Waals surface area contributed by atoms with Crippen LogP contribution in [0.4, 0.5) is 15.9 Å². The predicted molar refractivity (Wildman–Crippen MR) is 95.1 cm³/mol. The minimum Gasteiger partial charge on any atom is -0.375 e. The number of aromatic nitrogens is 2. The Kier molecular flexibility index (Phi) is 5.00. The first-order valence-corrected chi connectivity index (χ1v) is 8.36. The quantitative estimate of drug-likeness (QED) is 0.813. The van der Waals surface area contributed by atoms with Gasteiger partial charge in [-0.25, -0.2) is 14.4 Å². The molecule has 3 rings (SSSR count). The lowest BCUT2D eigenvalue weighted by Gasteiger charge is -2.33. The van der Waals surface area contributed by atoms with Crippen molar-refractivity contribution >= 4 is 23.1 Å². The number of nitrogens with zero attached hydrogens (tertiary/aromatic N) is 3. The van der Waals surface area contributed by atoms with Gasteiger partial charge in [0.15, 0.2) is 0 Å². The van der Waals surface area contributed by atoms with Gasteiger partial charge in [0.25, 0.3) is 0 Å². The summed E-state index contributed by atoms with van der Waals surface area (Å²) in [6.07, 6.45) is 2.09. The molecule has 0 saturated carbocycles. The Morgan fingerprint density at radius 3 is 2.96 bits per heavy atom. The standard InChI is InChI=1S/C18H20ClFN4/c1-12(2)24-8-4-5-13(11-24)18-22-16(19)10-17(23-18)21-15-7-3-6-14(20)9-15/h3,6-7,9-10,13H,1,4-5,8,11H2,2H3,(H,21,22,23). The summed E-state index contributed by atoms with van der Waals surface area (Å²) in [4.78, 5) is 11.2. The monoisotopic (exact) mass is 346 g/mol. The number of rotatable bonds is 4. The SMILES string of the molecule is C=C(C)N1CCCC(c2nc(Cl)cc(Nc3cccc(F)c3)n2)C1. The summed E-state index contributed by atoms with van der Waals surface area (Å²) >= 11 is 6.17. The summed E-state index contributed by atoms with van der Waals surface area (Å²) in [6.45, 7) is 7.89. The number of piperidine rings is 1. The van der Waals surface area contributed by atoms with Gasteiger partial charge in [-0.05, 0) is 38.0 Å². The normalized spacial score (nSPS) is 17.6. The van der Waals surface area contributed by atoms with Crippen LogP contribution in [0, 0.1) is 5.82 Å². The molecule has 1 N–H and O–H groups in total.